The van der Waals surface area contributed by atoms with Crippen LogP contribution < -0.4 is 34.7 Å². The summed E-state index contributed by atoms with van der Waals surface area (Å²) in [5, 5.41) is 10.7. The van der Waals surface area contributed by atoms with E-state index in [1.807, 2.05) is 4.90 Å². The molecule has 0 aromatic rings. The van der Waals surface area contributed by atoms with Crippen LogP contribution in [0.1, 0.15) is 104 Å². The van der Waals surface area contributed by atoms with Crippen molar-refractivity contribution < 1.29 is 48.7 Å². The van der Waals surface area contributed by atoms with E-state index in [0.29, 0.717) is 6.54 Å². The normalized spacial score (nSPS) is 11.2. The average Bonchev–Trinajstić information content (AvgIpc) is 2.67. The first-order valence-electron chi connectivity index (χ1n) is 12.1. The van der Waals surface area contributed by atoms with Crippen LogP contribution in [0.15, 0.2) is 0 Å². The van der Waals surface area contributed by atoms with Gasteiger partial charge in [-0.15, -0.1) is 0 Å². The molecule has 0 aromatic carbocycles. The molecule has 0 bridgehead atoms. The molecule has 0 N–H and O–H groups in total. The molecule has 172 valence electrons. The Labute approximate surface area is 208 Å². The first-order chi connectivity index (χ1) is 13.8. The van der Waals surface area contributed by atoms with Gasteiger partial charge in [0.15, 0.2) is 0 Å². The third-order valence-corrected chi connectivity index (χ3v) is 5.77. The van der Waals surface area contributed by atoms with Crippen molar-refractivity contribution in [3.8, 4) is 0 Å². The zero-order valence-corrected chi connectivity index (χ0v) is 22.8. The van der Waals surface area contributed by atoms with Crippen molar-refractivity contribution in [2.75, 3.05) is 40.3 Å². The summed E-state index contributed by atoms with van der Waals surface area (Å²) in [6, 6.07) is 0. The molecular weight excluding hydrogens is 387 g/mol. The molecule has 1 amide bonds. The monoisotopic (exact) mass is 435 g/mol. The van der Waals surface area contributed by atoms with E-state index in [0.717, 1.165) is 37.0 Å². The molecule has 0 heterocycles. The number of aliphatic carboxylic acids is 1. The number of quaternary nitrogens is 1. The summed E-state index contributed by atoms with van der Waals surface area (Å²) in [6.07, 6.45) is 14.8. The molecular formula is C24H48N2NaO3+. The van der Waals surface area contributed by atoms with E-state index >= 15 is 0 Å². The van der Waals surface area contributed by atoms with Crippen LogP contribution in [-0.2, 0) is 9.59 Å². The minimum absolute atomic E-state index is 0. The number of hydrogen-bond acceptors (Lipinski definition) is 3. The zero-order chi connectivity index (χ0) is 22.0. The van der Waals surface area contributed by atoms with E-state index in [2.05, 4.69) is 27.9 Å². The van der Waals surface area contributed by atoms with Gasteiger partial charge in [-0.25, -0.2) is 0 Å². The van der Waals surface area contributed by atoms with Gasteiger partial charge in [0.2, 0.25) is 5.91 Å². The third-order valence-electron chi connectivity index (χ3n) is 5.77. The van der Waals surface area contributed by atoms with Crippen LogP contribution in [0.4, 0.5) is 0 Å². The van der Waals surface area contributed by atoms with E-state index in [4.69, 9.17) is 0 Å². The molecule has 0 saturated carbocycles. The first-order valence-corrected chi connectivity index (χ1v) is 12.1. The minimum atomic E-state index is -1.14. The summed E-state index contributed by atoms with van der Waals surface area (Å²) >= 11 is 0. The molecule has 0 aromatic heterocycles. The molecule has 6 heteroatoms. The topological polar surface area (TPSA) is 60.4 Å². The van der Waals surface area contributed by atoms with Gasteiger partial charge in [0, 0.05) is 18.9 Å². The predicted molar refractivity (Wildman–Crippen MR) is 119 cm³/mol. The Balaban J connectivity index is 0. The molecule has 0 unspecified atom stereocenters. The second kappa shape index (κ2) is 20.8. The van der Waals surface area contributed by atoms with Crippen molar-refractivity contribution in [1.29, 1.82) is 0 Å². The van der Waals surface area contributed by atoms with Crippen molar-refractivity contribution in [2.45, 2.75) is 104 Å². The van der Waals surface area contributed by atoms with Gasteiger partial charge in [-0.3, -0.25) is 4.79 Å². The van der Waals surface area contributed by atoms with Gasteiger partial charge in [0.25, 0.3) is 0 Å². The van der Waals surface area contributed by atoms with Crippen LogP contribution in [0, 0.1) is 0 Å². The van der Waals surface area contributed by atoms with Gasteiger partial charge in [-0.2, -0.15) is 0 Å². The molecule has 0 aliphatic rings. The number of unbranched alkanes of at least 4 members (excludes halogenated alkanes) is 10. The fourth-order valence-electron chi connectivity index (χ4n) is 3.63. The van der Waals surface area contributed by atoms with Crippen LogP contribution in [-0.4, -0.2) is 61.5 Å². The summed E-state index contributed by atoms with van der Waals surface area (Å²) in [7, 11) is 4.47. The number of carboxylic acids is 1. The average molecular weight is 436 g/mol. The Bertz CT molecular complexity index is 431. The molecule has 0 aliphatic heterocycles. The van der Waals surface area contributed by atoms with Crippen molar-refractivity contribution >= 4 is 11.9 Å². The van der Waals surface area contributed by atoms with E-state index < -0.39 is 5.97 Å². The fourth-order valence-corrected chi connectivity index (χ4v) is 3.63. The number of carbonyl (C=O) groups is 2. The molecule has 0 rings (SSSR count). The maximum absolute atomic E-state index is 12.5. The van der Waals surface area contributed by atoms with Gasteiger partial charge < -0.3 is 19.3 Å². The van der Waals surface area contributed by atoms with E-state index in [1.165, 1.54) is 64.2 Å². The predicted octanol–water partition coefficient (Wildman–Crippen LogP) is 1.15. The third kappa shape index (κ3) is 19.8. The number of hydrogen-bond donors (Lipinski definition) is 0. The van der Waals surface area contributed by atoms with Gasteiger partial charge in [0.05, 0.1) is 33.7 Å². The fraction of sp³-hybridized carbons (Fsp3) is 0.917. The SMILES string of the molecule is CCCCCCCCN(CC[N+](C)(C)CCCCCCCC)C(=O)CCC(=O)[O-].[Na+]. The number of likely N-dealkylation sites (N-methyl/N-ethyl adjacent to an activating group) is 1. The van der Waals surface area contributed by atoms with Gasteiger partial charge >= 0.3 is 29.6 Å². The summed E-state index contributed by atoms with van der Waals surface area (Å²) in [4.78, 5) is 25.1. The van der Waals surface area contributed by atoms with Crippen LogP contribution in [0.2, 0.25) is 0 Å². The second-order valence-corrected chi connectivity index (χ2v) is 9.17. The summed E-state index contributed by atoms with van der Waals surface area (Å²) in [5.41, 5.74) is 0. The summed E-state index contributed by atoms with van der Waals surface area (Å²) in [6.45, 7) is 7.96. The maximum atomic E-state index is 12.5. The Morgan fingerprint density at radius 2 is 1.20 bits per heavy atom. The van der Waals surface area contributed by atoms with Crippen molar-refractivity contribution in [3.63, 3.8) is 0 Å². The molecule has 0 spiro atoms. The summed E-state index contributed by atoms with van der Waals surface area (Å²) < 4.78 is 0.911. The standard InChI is InChI=1S/C24H48N2O3.Na/c1-5-7-9-11-13-15-19-25(23(27)17-18-24(28)29)20-22-26(3,4)21-16-14-12-10-8-6-2;/h5-22H2,1-4H3;/q;+1. The van der Waals surface area contributed by atoms with E-state index in [1.54, 1.807) is 0 Å². The van der Waals surface area contributed by atoms with Gasteiger partial charge in [-0.05, 0) is 25.7 Å². The van der Waals surface area contributed by atoms with E-state index in [9.17, 15) is 14.7 Å². The van der Waals surface area contributed by atoms with Crippen molar-refractivity contribution in [1.82, 2.24) is 4.90 Å². The number of amides is 1. The van der Waals surface area contributed by atoms with Crippen molar-refractivity contribution in [2.24, 2.45) is 0 Å². The molecule has 0 atom stereocenters. The Hall–Kier alpha value is -0.100. The molecule has 0 aliphatic carbocycles. The molecule has 0 radical (unpaired) electrons. The van der Waals surface area contributed by atoms with Crippen LogP contribution >= 0.6 is 0 Å². The van der Waals surface area contributed by atoms with Gasteiger partial charge in [-0.1, -0.05) is 71.6 Å². The largest absolute Gasteiger partial charge is 1.00 e. The Kier molecular flexibility index (Phi) is 22.2. The van der Waals surface area contributed by atoms with Crippen LogP contribution in [0.25, 0.3) is 0 Å². The van der Waals surface area contributed by atoms with Gasteiger partial charge in [0.1, 0.15) is 0 Å². The van der Waals surface area contributed by atoms with Crippen LogP contribution in [0.5, 0.6) is 0 Å². The maximum Gasteiger partial charge on any atom is 1.00 e. The smallest absolute Gasteiger partial charge is 0.550 e. The molecule has 30 heavy (non-hydrogen) atoms. The van der Waals surface area contributed by atoms with E-state index in [-0.39, 0.29) is 48.3 Å². The number of rotatable bonds is 20. The number of carbonyl (C=O) groups excluding carboxylic acids is 2. The molecule has 0 saturated heterocycles. The zero-order valence-electron chi connectivity index (χ0n) is 20.8. The molecule has 5 nitrogen and oxygen atoms in total. The molecule has 0 fully saturated rings. The minimum Gasteiger partial charge on any atom is -0.550 e. The quantitative estimate of drug-likeness (QED) is 0.164. The van der Waals surface area contributed by atoms with Crippen LogP contribution in [0.3, 0.4) is 0 Å². The number of nitrogens with zero attached hydrogens (tertiary/aromatic N) is 2. The van der Waals surface area contributed by atoms with Crippen molar-refractivity contribution in [3.05, 3.63) is 0 Å². The number of carboxylic acid groups (broad SMARTS) is 1. The first kappa shape index (κ1) is 32.1. The summed E-state index contributed by atoms with van der Waals surface area (Å²) in [5.74, 6) is -1.18. The Morgan fingerprint density at radius 3 is 1.73 bits per heavy atom. The Morgan fingerprint density at radius 1 is 0.700 bits per heavy atom. The second-order valence-electron chi connectivity index (χ2n) is 9.17.